The lowest BCUT2D eigenvalue weighted by atomic mass is 10.2. The Balaban J connectivity index is 1.17. The van der Waals surface area contributed by atoms with E-state index in [0.717, 1.165) is 30.0 Å². The predicted molar refractivity (Wildman–Crippen MR) is 110 cm³/mol. The summed E-state index contributed by atoms with van der Waals surface area (Å²) in [6.45, 7) is 3.33. The first-order chi connectivity index (χ1) is 14.2. The van der Waals surface area contributed by atoms with Gasteiger partial charge in [0.15, 0.2) is 0 Å². The number of piperazine rings is 1. The molecule has 3 aromatic rings. The Morgan fingerprint density at radius 2 is 1.79 bits per heavy atom. The monoisotopic (exact) mass is 393 g/mol. The Bertz CT molecular complexity index is 1020. The van der Waals surface area contributed by atoms with Crippen molar-refractivity contribution in [3.63, 3.8) is 0 Å². The van der Waals surface area contributed by atoms with Crippen molar-refractivity contribution in [1.82, 2.24) is 19.6 Å². The molecule has 6 nitrogen and oxygen atoms in total. The van der Waals surface area contributed by atoms with Gasteiger partial charge in [0.1, 0.15) is 11.5 Å². The first-order valence-electron chi connectivity index (χ1n) is 10.2. The molecule has 150 valence electrons. The summed E-state index contributed by atoms with van der Waals surface area (Å²) in [4.78, 5) is 21.3. The van der Waals surface area contributed by atoms with Crippen LogP contribution in [0, 0.1) is 5.82 Å². The third-order valence-corrected chi connectivity index (χ3v) is 5.74. The van der Waals surface area contributed by atoms with Crippen LogP contribution in [0.5, 0.6) is 0 Å². The van der Waals surface area contributed by atoms with Crippen molar-refractivity contribution in [1.29, 1.82) is 0 Å². The summed E-state index contributed by atoms with van der Waals surface area (Å²) in [5, 5.41) is 2.92. The van der Waals surface area contributed by atoms with E-state index in [4.69, 9.17) is 4.98 Å². The van der Waals surface area contributed by atoms with Crippen molar-refractivity contribution in [3.8, 4) is 0 Å². The van der Waals surface area contributed by atoms with E-state index in [1.807, 2.05) is 4.90 Å². The standard InChI is InChI=1S/C22H24FN5O/c23-18-5-1-16(2-6-18)13-24-22(29)27-11-9-26(10-12-27)19-7-8-21-25-20(17-3-4-17)15-28(21)14-19/h1-2,5-8,14-15,17H,3-4,9-13H2,(H,24,29). The van der Waals surface area contributed by atoms with Crippen LogP contribution in [0.1, 0.15) is 30.0 Å². The number of carbonyl (C=O) groups excluding carboxylic acids is 1. The van der Waals surface area contributed by atoms with Crippen LogP contribution in [0.4, 0.5) is 14.9 Å². The highest BCUT2D eigenvalue weighted by atomic mass is 19.1. The average Bonchev–Trinajstić information content (AvgIpc) is 3.52. The maximum atomic E-state index is 13.0. The minimum atomic E-state index is -0.270. The van der Waals surface area contributed by atoms with Gasteiger partial charge >= 0.3 is 6.03 Å². The normalized spacial score (nSPS) is 17.0. The number of imidazole rings is 1. The molecule has 0 atom stereocenters. The van der Waals surface area contributed by atoms with Crippen LogP contribution in [0.25, 0.3) is 5.65 Å². The van der Waals surface area contributed by atoms with E-state index < -0.39 is 0 Å². The first kappa shape index (κ1) is 18.0. The fraction of sp³-hybridized carbons (Fsp3) is 0.364. The molecule has 1 aliphatic heterocycles. The van der Waals surface area contributed by atoms with E-state index in [1.165, 1.54) is 30.7 Å². The van der Waals surface area contributed by atoms with E-state index in [1.54, 1.807) is 12.1 Å². The SMILES string of the molecule is O=C(NCc1ccc(F)cc1)N1CCN(c2ccc3nc(C4CC4)cn3c2)CC1. The molecule has 0 unspecified atom stereocenters. The second-order valence-electron chi connectivity index (χ2n) is 7.85. The van der Waals surface area contributed by atoms with Gasteiger partial charge in [0, 0.05) is 51.0 Å². The maximum absolute atomic E-state index is 13.0. The summed E-state index contributed by atoms with van der Waals surface area (Å²) in [6, 6.07) is 10.3. The zero-order valence-corrected chi connectivity index (χ0v) is 16.2. The van der Waals surface area contributed by atoms with Crippen LogP contribution in [-0.4, -0.2) is 46.5 Å². The fourth-order valence-corrected chi connectivity index (χ4v) is 3.82. The molecule has 29 heavy (non-hydrogen) atoms. The van der Waals surface area contributed by atoms with Gasteiger partial charge in [0.05, 0.1) is 11.4 Å². The molecule has 1 saturated carbocycles. The summed E-state index contributed by atoms with van der Waals surface area (Å²) < 4.78 is 15.1. The number of nitrogens with zero attached hydrogens (tertiary/aromatic N) is 4. The van der Waals surface area contributed by atoms with Gasteiger partial charge in [-0.15, -0.1) is 0 Å². The number of urea groups is 1. The largest absolute Gasteiger partial charge is 0.367 e. The average molecular weight is 393 g/mol. The van der Waals surface area contributed by atoms with Gasteiger partial charge in [-0.3, -0.25) is 0 Å². The summed E-state index contributed by atoms with van der Waals surface area (Å²) in [5.41, 5.74) is 4.24. The topological polar surface area (TPSA) is 52.9 Å². The van der Waals surface area contributed by atoms with Crippen LogP contribution in [0.2, 0.25) is 0 Å². The molecule has 0 bridgehead atoms. The molecule has 1 aliphatic carbocycles. The second kappa shape index (κ2) is 7.39. The number of nitrogens with one attached hydrogen (secondary N) is 1. The maximum Gasteiger partial charge on any atom is 0.317 e. The quantitative estimate of drug-likeness (QED) is 0.739. The van der Waals surface area contributed by atoms with Crippen molar-refractivity contribution >= 4 is 17.4 Å². The number of pyridine rings is 1. The predicted octanol–water partition coefficient (Wildman–Crippen LogP) is 3.38. The lowest BCUT2D eigenvalue weighted by Gasteiger charge is -2.36. The molecule has 2 fully saturated rings. The zero-order chi connectivity index (χ0) is 19.8. The highest BCUT2D eigenvalue weighted by Crippen LogP contribution is 2.39. The van der Waals surface area contributed by atoms with E-state index >= 15 is 0 Å². The number of carbonyl (C=O) groups is 1. The number of hydrogen-bond acceptors (Lipinski definition) is 3. The van der Waals surface area contributed by atoms with Gasteiger partial charge in [-0.25, -0.2) is 14.2 Å². The minimum Gasteiger partial charge on any atom is -0.367 e. The van der Waals surface area contributed by atoms with Crippen molar-refractivity contribution in [3.05, 3.63) is 65.9 Å². The smallest absolute Gasteiger partial charge is 0.317 e. The zero-order valence-electron chi connectivity index (χ0n) is 16.2. The molecular formula is C22H24FN5O. The van der Waals surface area contributed by atoms with Crippen LogP contribution in [-0.2, 0) is 6.54 Å². The number of halogens is 1. The van der Waals surface area contributed by atoms with Crippen LogP contribution in [0.3, 0.4) is 0 Å². The summed E-state index contributed by atoms with van der Waals surface area (Å²) >= 11 is 0. The van der Waals surface area contributed by atoms with Crippen molar-refractivity contribution in [2.24, 2.45) is 0 Å². The molecule has 0 spiro atoms. The Kier molecular flexibility index (Phi) is 4.58. The van der Waals surface area contributed by atoms with Gasteiger partial charge < -0.3 is 19.5 Å². The molecule has 2 aliphatic rings. The Labute approximate surface area is 168 Å². The van der Waals surface area contributed by atoms with Crippen LogP contribution < -0.4 is 10.2 Å². The number of rotatable bonds is 4. The third-order valence-electron chi connectivity index (χ3n) is 5.74. The van der Waals surface area contributed by atoms with E-state index in [0.29, 0.717) is 25.6 Å². The minimum absolute atomic E-state index is 0.0758. The van der Waals surface area contributed by atoms with Crippen LogP contribution in [0.15, 0.2) is 48.8 Å². The number of hydrogen-bond donors (Lipinski definition) is 1. The van der Waals surface area contributed by atoms with Crippen molar-refractivity contribution in [2.75, 3.05) is 31.1 Å². The van der Waals surface area contributed by atoms with Crippen LogP contribution >= 0.6 is 0 Å². The van der Waals surface area contributed by atoms with E-state index in [2.05, 4.69) is 39.1 Å². The van der Waals surface area contributed by atoms with Crippen molar-refractivity contribution < 1.29 is 9.18 Å². The van der Waals surface area contributed by atoms with Crippen molar-refractivity contribution in [2.45, 2.75) is 25.3 Å². The molecule has 2 amide bonds. The molecule has 3 heterocycles. The molecule has 1 aromatic carbocycles. The number of fused-ring (bicyclic) bond motifs is 1. The molecule has 0 radical (unpaired) electrons. The van der Waals surface area contributed by atoms with Gasteiger partial charge in [-0.1, -0.05) is 12.1 Å². The third kappa shape index (κ3) is 3.90. The summed E-state index contributed by atoms with van der Waals surface area (Å²) in [6.07, 6.45) is 6.79. The van der Waals surface area contributed by atoms with E-state index in [9.17, 15) is 9.18 Å². The van der Waals surface area contributed by atoms with Gasteiger partial charge in [0.2, 0.25) is 0 Å². The molecular weight excluding hydrogens is 369 g/mol. The highest BCUT2D eigenvalue weighted by Gasteiger charge is 2.26. The van der Waals surface area contributed by atoms with E-state index in [-0.39, 0.29) is 11.8 Å². The lowest BCUT2D eigenvalue weighted by molar-refractivity contribution is 0.194. The number of aromatic nitrogens is 2. The molecule has 1 N–H and O–H groups in total. The Hall–Kier alpha value is -3.09. The summed E-state index contributed by atoms with van der Waals surface area (Å²) in [7, 11) is 0. The number of amides is 2. The lowest BCUT2D eigenvalue weighted by Crippen LogP contribution is -2.51. The molecule has 2 aromatic heterocycles. The molecule has 7 heteroatoms. The molecule has 1 saturated heterocycles. The summed E-state index contributed by atoms with van der Waals surface area (Å²) in [5.74, 6) is 0.379. The Morgan fingerprint density at radius 1 is 1.03 bits per heavy atom. The highest BCUT2D eigenvalue weighted by molar-refractivity contribution is 5.74. The fourth-order valence-electron chi connectivity index (χ4n) is 3.82. The molecule has 5 rings (SSSR count). The van der Waals surface area contributed by atoms with Gasteiger partial charge in [0.25, 0.3) is 0 Å². The van der Waals surface area contributed by atoms with Gasteiger partial charge in [-0.2, -0.15) is 0 Å². The Morgan fingerprint density at radius 3 is 2.52 bits per heavy atom. The first-order valence-corrected chi connectivity index (χ1v) is 10.2. The number of anilines is 1. The second-order valence-corrected chi connectivity index (χ2v) is 7.85. The number of benzene rings is 1. The van der Waals surface area contributed by atoms with Gasteiger partial charge in [-0.05, 0) is 42.7 Å².